The van der Waals surface area contributed by atoms with Crippen LogP contribution in [0.3, 0.4) is 0 Å². The molecule has 0 spiro atoms. The summed E-state index contributed by atoms with van der Waals surface area (Å²) in [5, 5.41) is 11.3. The Bertz CT molecular complexity index is 1620. The maximum atomic E-state index is 12.7. The fraction of sp³-hybridized carbons (Fsp3) is 0.588. The van der Waals surface area contributed by atoms with E-state index in [1.807, 2.05) is 0 Å². The minimum atomic E-state index is -1.99. The van der Waals surface area contributed by atoms with Crippen molar-refractivity contribution in [2.75, 3.05) is 6.61 Å². The summed E-state index contributed by atoms with van der Waals surface area (Å²) in [7, 11) is 0. The minimum Gasteiger partial charge on any atom is -0.482 e. The third-order valence-electron chi connectivity index (χ3n) is 7.71. The van der Waals surface area contributed by atoms with Crippen LogP contribution in [0.2, 0.25) is 0 Å². The molecule has 2 fully saturated rings. The molecule has 2 aliphatic rings. The number of rotatable bonds is 14. The zero-order valence-corrected chi connectivity index (χ0v) is 31.4. The normalized spacial score (nSPS) is 28.2. The van der Waals surface area contributed by atoms with E-state index in [1.54, 1.807) is 0 Å². The standard InChI is InChI=1S/C34H41NO21/c1-14(36)46-13-24-25(47-15(2)37)26(48-16(3)38)33(53-21(8)43)34(55-24)56-32-29(51-19(6)41)27(49-17(4)39)31(28(50-18(5)40)30(32)52-20(7)42)54-23-11-9-22(10-12-23)35(44)45/h9-12,24-34H,13H2,1-8H3/t24-,25+,26+,27-,28+,29-,30+,31?,32?,33-,34+/m1/s1. The second-order valence-corrected chi connectivity index (χ2v) is 12.3. The number of non-ortho nitro benzene ring substituents is 1. The van der Waals surface area contributed by atoms with E-state index in [0.717, 1.165) is 79.7 Å². The van der Waals surface area contributed by atoms with E-state index < -0.39 is 127 Å². The lowest BCUT2D eigenvalue weighted by molar-refractivity contribution is -0.384. The lowest BCUT2D eigenvalue weighted by atomic mass is 9.83. The third kappa shape index (κ3) is 12.3. The van der Waals surface area contributed by atoms with Crippen molar-refractivity contribution < 1.29 is 95.4 Å². The van der Waals surface area contributed by atoms with Crippen LogP contribution >= 0.6 is 0 Å². The van der Waals surface area contributed by atoms with Crippen molar-refractivity contribution in [1.82, 2.24) is 0 Å². The average Bonchev–Trinajstić information content (AvgIpc) is 3.06. The van der Waals surface area contributed by atoms with Crippen LogP contribution in [0.4, 0.5) is 5.69 Å². The SMILES string of the molecule is CC(=O)OC[C@H]1O[C@@H](OC2[C@@H](OC(C)=O)[C@H](OC(C)=O)C(Oc3ccc([N+](=O)[O-])cc3)[C@H](OC(C)=O)[C@H]2OC(C)=O)[C@H](OC(C)=O)[C@@H](OC(C)=O)[C@H]1OC(C)=O. The number of carbonyl (C=O) groups is 8. The topological polar surface area (TPSA) is 281 Å². The van der Waals surface area contributed by atoms with Gasteiger partial charge in [0.25, 0.3) is 5.69 Å². The van der Waals surface area contributed by atoms with Gasteiger partial charge >= 0.3 is 47.8 Å². The van der Waals surface area contributed by atoms with Crippen molar-refractivity contribution in [2.45, 2.75) is 123 Å². The Morgan fingerprint density at radius 1 is 0.518 bits per heavy atom. The van der Waals surface area contributed by atoms with Crippen molar-refractivity contribution >= 4 is 53.4 Å². The smallest absolute Gasteiger partial charge is 0.303 e. The van der Waals surface area contributed by atoms with E-state index in [0.29, 0.717) is 0 Å². The summed E-state index contributed by atoms with van der Waals surface area (Å²) < 4.78 is 62.1. The molecule has 56 heavy (non-hydrogen) atoms. The van der Waals surface area contributed by atoms with Crippen molar-refractivity contribution in [3.63, 3.8) is 0 Å². The number of nitro groups is 1. The Balaban J connectivity index is 2.30. The number of hydrogen-bond acceptors (Lipinski definition) is 21. The molecule has 3 rings (SSSR count). The summed E-state index contributed by atoms with van der Waals surface area (Å²) in [6, 6.07) is 4.47. The van der Waals surface area contributed by atoms with Crippen molar-refractivity contribution in [2.24, 2.45) is 0 Å². The van der Waals surface area contributed by atoms with Crippen LogP contribution in [0.25, 0.3) is 0 Å². The van der Waals surface area contributed by atoms with Gasteiger partial charge in [0.05, 0.1) is 4.92 Å². The van der Waals surface area contributed by atoms with Gasteiger partial charge in [-0.15, -0.1) is 0 Å². The van der Waals surface area contributed by atoms with Gasteiger partial charge in [-0.05, 0) is 12.1 Å². The molecule has 1 saturated carbocycles. The maximum absolute atomic E-state index is 12.7. The van der Waals surface area contributed by atoms with Crippen molar-refractivity contribution in [3.05, 3.63) is 34.4 Å². The second-order valence-electron chi connectivity index (χ2n) is 12.3. The monoisotopic (exact) mass is 799 g/mol. The Labute approximate surface area is 318 Å². The summed E-state index contributed by atoms with van der Waals surface area (Å²) in [5.41, 5.74) is -0.331. The molecule has 11 atom stereocenters. The molecule has 1 aliphatic carbocycles. The fourth-order valence-corrected chi connectivity index (χ4v) is 5.97. The molecule has 22 heteroatoms. The quantitative estimate of drug-likeness (QED) is 0.107. The van der Waals surface area contributed by atoms with Crippen LogP contribution in [0.15, 0.2) is 24.3 Å². The molecule has 1 saturated heterocycles. The van der Waals surface area contributed by atoms with Crippen LogP contribution < -0.4 is 4.74 Å². The average molecular weight is 800 g/mol. The number of ether oxygens (including phenoxy) is 11. The number of nitrogens with zero attached hydrogens (tertiary/aromatic N) is 1. The van der Waals surface area contributed by atoms with Crippen LogP contribution in [0, 0.1) is 10.1 Å². The minimum absolute atomic E-state index is 0.114. The van der Waals surface area contributed by atoms with Gasteiger partial charge in [-0.1, -0.05) is 0 Å². The molecule has 1 aromatic carbocycles. The summed E-state index contributed by atoms with van der Waals surface area (Å²) in [6.07, 6.45) is -19.7. The van der Waals surface area contributed by atoms with Crippen molar-refractivity contribution in [1.29, 1.82) is 0 Å². The first kappa shape index (κ1) is 44.5. The van der Waals surface area contributed by atoms with Crippen LogP contribution in [0.5, 0.6) is 5.75 Å². The molecule has 0 bridgehead atoms. The van der Waals surface area contributed by atoms with Gasteiger partial charge in [0, 0.05) is 67.5 Å². The van der Waals surface area contributed by atoms with Gasteiger partial charge in [0.1, 0.15) is 24.6 Å². The van der Waals surface area contributed by atoms with E-state index in [1.165, 1.54) is 0 Å². The molecule has 2 unspecified atom stereocenters. The highest BCUT2D eigenvalue weighted by molar-refractivity contribution is 5.70. The second kappa shape index (κ2) is 19.6. The maximum Gasteiger partial charge on any atom is 0.303 e. The Morgan fingerprint density at radius 2 is 0.875 bits per heavy atom. The summed E-state index contributed by atoms with van der Waals surface area (Å²) in [4.78, 5) is 110. The number of hydrogen-bond donors (Lipinski definition) is 0. The first-order chi connectivity index (χ1) is 26.2. The summed E-state index contributed by atoms with van der Waals surface area (Å²) in [5.74, 6) is -7.87. The van der Waals surface area contributed by atoms with E-state index in [-0.39, 0.29) is 11.4 Å². The molecule has 0 aromatic heterocycles. The Morgan fingerprint density at radius 3 is 1.25 bits per heavy atom. The Hall–Kier alpha value is -5.90. The number of nitro benzene ring substituents is 1. The zero-order valence-electron chi connectivity index (χ0n) is 31.4. The molecule has 0 N–H and O–H groups in total. The predicted octanol–water partition coefficient (Wildman–Crippen LogP) is 0.551. The Kier molecular flexibility index (Phi) is 15.6. The highest BCUT2D eigenvalue weighted by Crippen LogP contribution is 2.38. The highest BCUT2D eigenvalue weighted by Gasteiger charge is 2.62. The van der Waals surface area contributed by atoms with E-state index in [2.05, 4.69) is 0 Å². The lowest BCUT2D eigenvalue weighted by Gasteiger charge is -2.50. The molecule has 0 amide bonds. The van der Waals surface area contributed by atoms with Gasteiger partial charge < -0.3 is 52.1 Å². The number of esters is 8. The molecule has 1 aliphatic heterocycles. The first-order valence-corrected chi connectivity index (χ1v) is 16.7. The molecule has 0 radical (unpaired) electrons. The number of benzene rings is 1. The van der Waals surface area contributed by atoms with Gasteiger partial charge in [0.2, 0.25) is 0 Å². The van der Waals surface area contributed by atoms with E-state index in [4.69, 9.17) is 52.1 Å². The van der Waals surface area contributed by atoms with Crippen molar-refractivity contribution in [3.8, 4) is 5.75 Å². The van der Waals surface area contributed by atoms with Gasteiger partial charge in [-0.25, -0.2) is 0 Å². The predicted molar refractivity (Wildman–Crippen MR) is 177 cm³/mol. The van der Waals surface area contributed by atoms with Gasteiger partial charge in [0.15, 0.2) is 55.1 Å². The lowest BCUT2D eigenvalue weighted by Crippen LogP contribution is -2.71. The summed E-state index contributed by atoms with van der Waals surface area (Å²) in [6.45, 7) is 7.21. The van der Waals surface area contributed by atoms with Gasteiger partial charge in [-0.3, -0.25) is 48.5 Å². The van der Waals surface area contributed by atoms with Gasteiger partial charge in [-0.2, -0.15) is 0 Å². The third-order valence-corrected chi connectivity index (χ3v) is 7.71. The van der Waals surface area contributed by atoms with Crippen LogP contribution in [-0.2, 0) is 85.7 Å². The largest absolute Gasteiger partial charge is 0.482 e. The van der Waals surface area contributed by atoms with Crippen LogP contribution in [-0.4, -0.2) is 127 Å². The first-order valence-electron chi connectivity index (χ1n) is 16.7. The molecular formula is C34H41NO21. The highest BCUT2D eigenvalue weighted by atomic mass is 16.8. The van der Waals surface area contributed by atoms with E-state index >= 15 is 0 Å². The fourth-order valence-electron chi connectivity index (χ4n) is 5.97. The molecule has 1 heterocycles. The molecular weight excluding hydrogens is 758 g/mol. The molecule has 308 valence electrons. The summed E-state index contributed by atoms with van der Waals surface area (Å²) >= 11 is 0. The van der Waals surface area contributed by atoms with E-state index in [9.17, 15) is 48.5 Å². The van der Waals surface area contributed by atoms with Crippen LogP contribution in [0.1, 0.15) is 55.4 Å². The zero-order chi connectivity index (χ0) is 42.0. The number of carbonyl (C=O) groups excluding carboxylic acids is 8. The molecule has 1 aromatic rings. The molecule has 22 nitrogen and oxygen atoms in total.